The Bertz CT molecular complexity index is 972. The molecule has 3 unspecified atom stereocenters. The lowest BCUT2D eigenvalue weighted by atomic mass is 9.62. The third kappa shape index (κ3) is 3.80. The fraction of sp³-hybridized carbons (Fsp3) is 0.640. The molecule has 8 nitrogen and oxygen atoms in total. The third-order valence-electron chi connectivity index (χ3n) is 7.79. The van der Waals surface area contributed by atoms with E-state index in [1.807, 2.05) is 13.8 Å². The van der Waals surface area contributed by atoms with Crippen LogP contribution in [0.15, 0.2) is 24.3 Å². The minimum atomic E-state index is -1.12. The van der Waals surface area contributed by atoms with Crippen molar-refractivity contribution in [2.24, 2.45) is 17.8 Å². The lowest BCUT2D eigenvalue weighted by Gasteiger charge is -2.35. The number of para-hydroxylation sites is 1. The summed E-state index contributed by atoms with van der Waals surface area (Å²) in [4.78, 5) is 42.2. The summed E-state index contributed by atoms with van der Waals surface area (Å²) in [7, 11) is 0. The van der Waals surface area contributed by atoms with Crippen LogP contribution in [0.5, 0.6) is 0 Å². The molecule has 1 spiro atoms. The molecule has 0 aromatic heterocycles. The molecule has 3 aliphatic rings. The van der Waals surface area contributed by atoms with Gasteiger partial charge in [-0.2, -0.15) is 0 Å². The molecule has 6 atom stereocenters. The number of carbonyl (C=O) groups is 3. The van der Waals surface area contributed by atoms with Crippen molar-refractivity contribution >= 4 is 35.1 Å². The van der Waals surface area contributed by atoms with Gasteiger partial charge in [-0.1, -0.05) is 30.7 Å². The zero-order valence-corrected chi connectivity index (χ0v) is 20.6. The summed E-state index contributed by atoms with van der Waals surface area (Å²) < 4.78 is 12.0. The van der Waals surface area contributed by atoms with E-state index in [0.29, 0.717) is 42.9 Å². The van der Waals surface area contributed by atoms with E-state index in [1.165, 1.54) is 0 Å². The topological polar surface area (TPSA) is 105 Å². The van der Waals surface area contributed by atoms with Crippen LogP contribution in [-0.4, -0.2) is 64.8 Å². The molecule has 9 heteroatoms. The number of rotatable bonds is 9. The van der Waals surface area contributed by atoms with Crippen molar-refractivity contribution < 1.29 is 29.0 Å². The van der Waals surface area contributed by atoms with Crippen molar-refractivity contribution in [1.82, 2.24) is 4.90 Å². The van der Waals surface area contributed by atoms with E-state index in [2.05, 4.69) is 5.32 Å². The number of unbranched alkanes of at least 4 members (excludes halogenated alkanes) is 2. The largest absolute Gasteiger partial charge is 0.466 e. The molecular weight excluding hydrogens is 460 g/mol. The summed E-state index contributed by atoms with van der Waals surface area (Å²) in [6.45, 7) is 6.19. The summed E-state index contributed by atoms with van der Waals surface area (Å²) in [6.07, 6.45) is 2.45. The first-order chi connectivity index (χ1) is 16.2. The fourth-order valence-corrected chi connectivity index (χ4v) is 6.39. The SMILES string of the molecule is CCOC(=O)[C@@H]1[C@H]2C(=O)N(CCCCCO)C(C(=O)Nc3ccccc3Cl)C23CC(C)[C@@]1(C)O3. The van der Waals surface area contributed by atoms with Crippen LogP contribution in [0.4, 0.5) is 5.69 Å². The highest BCUT2D eigenvalue weighted by molar-refractivity contribution is 6.33. The predicted molar refractivity (Wildman–Crippen MR) is 126 cm³/mol. The summed E-state index contributed by atoms with van der Waals surface area (Å²) >= 11 is 6.28. The molecule has 34 heavy (non-hydrogen) atoms. The number of anilines is 1. The zero-order valence-electron chi connectivity index (χ0n) is 19.9. The Labute approximate surface area is 204 Å². The fourth-order valence-electron chi connectivity index (χ4n) is 6.20. The van der Waals surface area contributed by atoms with Gasteiger partial charge in [0.1, 0.15) is 17.6 Å². The number of hydrogen-bond acceptors (Lipinski definition) is 6. The van der Waals surface area contributed by atoms with Gasteiger partial charge >= 0.3 is 5.97 Å². The molecule has 3 aliphatic heterocycles. The molecule has 2 bridgehead atoms. The smallest absolute Gasteiger partial charge is 0.312 e. The van der Waals surface area contributed by atoms with Gasteiger partial charge in [0.2, 0.25) is 11.8 Å². The Morgan fingerprint density at radius 1 is 1.29 bits per heavy atom. The number of aliphatic hydroxyl groups is 1. The highest BCUT2D eigenvalue weighted by Gasteiger charge is 2.80. The minimum absolute atomic E-state index is 0.0455. The molecule has 3 fully saturated rings. The molecule has 0 saturated carbocycles. The van der Waals surface area contributed by atoms with Gasteiger partial charge < -0.3 is 24.8 Å². The van der Waals surface area contributed by atoms with Crippen LogP contribution in [-0.2, 0) is 23.9 Å². The summed E-state index contributed by atoms with van der Waals surface area (Å²) in [6, 6.07) is 6.03. The first-order valence-electron chi connectivity index (χ1n) is 12.0. The Hall–Kier alpha value is -2.16. The number of likely N-dealkylation sites (tertiary alicyclic amines) is 1. The van der Waals surface area contributed by atoms with Crippen molar-refractivity contribution in [3.63, 3.8) is 0 Å². The number of aliphatic hydroxyl groups excluding tert-OH is 1. The standard InChI is InChI=1S/C25H33ClN2O6/c1-4-33-23(32)19-18-22(31)28(12-8-5-9-13-29)20(25(18)14-15(2)24(19,3)34-25)21(30)27-17-11-7-6-10-16(17)26/h6-7,10-11,15,18-20,29H,4-5,8-9,12-14H2,1-3H3,(H,27,30)/t15?,18-,19-,20?,24+,25?/m0/s1. The highest BCUT2D eigenvalue weighted by Crippen LogP contribution is 2.65. The van der Waals surface area contributed by atoms with Gasteiger partial charge in [0.15, 0.2) is 0 Å². The van der Waals surface area contributed by atoms with E-state index in [-0.39, 0.29) is 30.9 Å². The van der Waals surface area contributed by atoms with Crippen molar-refractivity contribution in [2.45, 2.75) is 63.7 Å². The predicted octanol–water partition coefficient (Wildman–Crippen LogP) is 3.01. The molecule has 2 amide bonds. The number of hydrogen-bond donors (Lipinski definition) is 2. The van der Waals surface area contributed by atoms with Crippen LogP contribution in [0.1, 0.15) is 46.5 Å². The average molecular weight is 493 g/mol. The Morgan fingerprint density at radius 2 is 2.03 bits per heavy atom. The maximum absolute atomic E-state index is 13.8. The van der Waals surface area contributed by atoms with E-state index in [1.54, 1.807) is 36.1 Å². The monoisotopic (exact) mass is 492 g/mol. The van der Waals surface area contributed by atoms with Gasteiger partial charge in [-0.25, -0.2) is 0 Å². The van der Waals surface area contributed by atoms with Crippen molar-refractivity contribution in [3.05, 3.63) is 29.3 Å². The normalized spacial score (nSPS) is 33.8. The number of esters is 1. The first kappa shape index (κ1) is 24.9. The van der Waals surface area contributed by atoms with Gasteiger partial charge in [-0.3, -0.25) is 14.4 Å². The summed E-state index contributed by atoms with van der Waals surface area (Å²) in [5, 5.41) is 12.4. The van der Waals surface area contributed by atoms with Gasteiger partial charge in [0, 0.05) is 13.2 Å². The number of amides is 2. The van der Waals surface area contributed by atoms with E-state index < -0.39 is 35.0 Å². The van der Waals surface area contributed by atoms with Crippen LogP contribution in [0, 0.1) is 17.8 Å². The lowest BCUT2D eigenvalue weighted by Crippen LogP contribution is -2.54. The molecule has 1 aromatic carbocycles. The minimum Gasteiger partial charge on any atom is -0.466 e. The molecule has 0 radical (unpaired) electrons. The molecule has 3 saturated heterocycles. The zero-order chi connectivity index (χ0) is 24.7. The summed E-state index contributed by atoms with van der Waals surface area (Å²) in [5.41, 5.74) is -1.56. The number of carbonyl (C=O) groups excluding carboxylic acids is 3. The highest BCUT2D eigenvalue weighted by atomic mass is 35.5. The molecule has 0 aliphatic carbocycles. The Morgan fingerprint density at radius 3 is 2.71 bits per heavy atom. The van der Waals surface area contributed by atoms with E-state index in [4.69, 9.17) is 26.2 Å². The van der Waals surface area contributed by atoms with Crippen LogP contribution in [0.25, 0.3) is 0 Å². The van der Waals surface area contributed by atoms with Crippen LogP contribution >= 0.6 is 11.6 Å². The second kappa shape index (κ2) is 9.47. The number of nitrogens with one attached hydrogen (secondary N) is 1. The lowest BCUT2D eigenvalue weighted by molar-refractivity contribution is -0.160. The maximum Gasteiger partial charge on any atom is 0.312 e. The van der Waals surface area contributed by atoms with E-state index >= 15 is 0 Å². The van der Waals surface area contributed by atoms with Gasteiger partial charge in [-0.15, -0.1) is 0 Å². The maximum atomic E-state index is 13.8. The Balaban J connectivity index is 1.72. The molecule has 1 aromatic rings. The van der Waals surface area contributed by atoms with E-state index in [9.17, 15) is 14.4 Å². The number of benzene rings is 1. The number of halogens is 1. The number of nitrogens with zero attached hydrogens (tertiary/aromatic N) is 1. The molecular formula is C25H33ClN2O6. The third-order valence-corrected chi connectivity index (χ3v) is 8.12. The number of fused-ring (bicyclic) bond motifs is 1. The van der Waals surface area contributed by atoms with Gasteiger partial charge in [-0.05, 0) is 57.6 Å². The van der Waals surface area contributed by atoms with Gasteiger partial charge in [0.05, 0.1) is 28.8 Å². The molecule has 4 rings (SSSR count). The molecule has 2 N–H and O–H groups in total. The van der Waals surface area contributed by atoms with Crippen LogP contribution in [0.3, 0.4) is 0 Å². The quantitative estimate of drug-likeness (QED) is 0.405. The molecule has 186 valence electrons. The van der Waals surface area contributed by atoms with Crippen LogP contribution < -0.4 is 5.32 Å². The first-order valence-corrected chi connectivity index (χ1v) is 12.4. The van der Waals surface area contributed by atoms with Crippen molar-refractivity contribution in [1.29, 1.82) is 0 Å². The van der Waals surface area contributed by atoms with Crippen molar-refractivity contribution in [3.8, 4) is 0 Å². The second-order valence-electron chi connectivity index (χ2n) is 9.74. The van der Waals surface area contributed by atoms with Crippen molar-refractivity contribution in [2.75, 3.05) is 25.1 Å². The second-order valence-corrected chi connectivity index (χ2v) is 10.1. The van der Waals surface area contributed by atoms with E-state index in [0.717, 1.165) is 0 Å². The summed E-state index contributed by atoms with van der Waals surface area (Å²) in [5.74, 6) is -2.70. The van der Waals surface area contributed by atoms with Crippen LogP contribution in [0.2, 0.25) is 5.02 Å². The Kier molecular flexibility index (Phi) is 6.95. The number of ether oxygens (including phenoxy) is 2. The molecule has 3 heterocycles. The average Bonchev–Trinajstić information content (AvgIpc) is 3.30. The van der Waals surface area contributed by atoms with Gasteiger partial charge in [0.25, 0.3) is 0 Å².